The number of anilines is 2. The van der Waals surface area contributed by atoms with Crippen LogP contribution < -0.4 is 13.9 Å². The molecule has 0 radical (unpaired) electrons. The maximum Gasteiger partial charge on any atom is 0.344 e. The fraction of sp³-hybridized carbons (Fsp3) is 0.300. The highest BCUT2D eigenvalue weighted by Crippen LogP contribution is 2.42. The second-order valence-electron chi connectivity index (χ2n) is 6.70. The van der Waals surface area contributed by atoms with Crippen LogP contribution in [0.25, 0.3) is 0 Å². The van der Waals surface area contributed by atoms with E-state index >= 15 is 0 Å². The van der Waals surface area contributed by atoms with Crippen LogP contribution in [0.4, 0.5) is 16.2 Å². The number of carbonyl (C=O) groups is 2. The van der Waals surface area contributed by atoms with Crippen LogP contribution >= 0.6 is 11.9 Å². The van der Waals surface area contributed by atoms with Gasteiger partial charge in [0, 0.05) is 13.1 Å². The third-order valence-electron chi connectivity index (χ3n) is 4.40. The van der Waals surface area contributed by atoms with Gasteiger partial charge >= 0.3 is 12.0 Å². The van der Waals surface area contributed by atoms with Gasteiger partial charge in [-0.3, -0.25) is 4.90 Å². The van der Waals surface area contributed by atoms with E-state index in [0.29, 0.717) is 17.4 Å². The van der Waals surface area contributed by atoms with Gasteiger partial charge in [-0.1, -0.05) is 26.0 Å². The lowest BCUT2D eigenvalue weighted by Gasteiger charge is -2.34. The second kappa shape index (κ2) is 7.52. The maximum atomic E-state index is 12.8. The molecule has 3 rings (SSSR count). The first-order valence-corrected chi connectivity index (χ1v) is 9.44. The number of hydrogen-bond donors (Lipinski definition) is 1. The van der Waals surface area contributed by atoms with Crippen LogP contribution in [0.3, 0.4) is 0 Å². The van der Waals surface area contributed by atoms with Gasteiger partial charge in [0.25, 0.3) is 0 Å². The molecule has 6 nitrogen and oxygen atoms in total. The number of carboxylic acids is 1. The van der Waals surface area contributed by atoms with Crippen molar-refractivity contribution in [1.82, 2.24) is 0 Å². The molecule has 27 heavy (non-hydrogen) atoms. The summed E-state index contributed by atoms with van der Waals surface area (Å²) in [5, 5.41) is 8.99. The van der Waals surface area contributed by atoms with Crippen molar-refractivity contribution in [3.05, 3.63) is 48.0 Å². The largest absolute Gasteiger partial charge is 0.479 e. The Morgan fingerprint density at radius 1 is 1.11 bits per heavy atom. The van der Waals surface area contributed by atoms with Crippen LogP contribution in [0.1, 0.15) is 32.3 Å². The fourth-order valence-electron chi connectivity index (χ4n) is 2.70. The van der Waals surface area contributed by atoms with Crippen molar-refractivity contribution in [3.8, 4) is 5.75 Å². The van der Waals surface area contributed by atoms with E-state index in [1.54, 1.807) is 28.4 Å². The molecule has 0 aliphatic carbocycles. The molecular weight excluding hydrogens is 364 g/mol. The Balaban J connectivity index is 1.87. The van der Waals surface area contributed by atoms with E-state index < -0.39 is 12.1 Å². The lowest BCUT2D eigenvalue weighted by Crippen LogP contribution is -2.40. The average Bonchev–Trinajstić information content (AvgIpc) is 2.65. The number of urea groups is 1. The van der Waals surface area contributed by atoms with E-state index in [1.807, 2.05) is 30.3 Å². The minimum absolute atomic E-state index is 0.173. The molecule has 0 unspecified atom stereocenters. The molecule has 2 amide bonds. The van der Waals surface area contributed by atoms with Crippen LogP contribution in [0.15, 0.2) is 47.4 Å². The van der Waals surface area contributed by atoms with Gasteiger partial charge in [-0.15, -0.1) is 0 Å². The number of aliphatic carboxylic acids is 1. The predicted molar refractivity (Wildman–Crippen MR) is 107 cm³/mol. The van der Waals surface area contributed by atoms with Gasteiger partial charge < -0.3 is 9.84 Å². The standard InChI is InChI=1S/C20H22N2O4S/c1-12(2)14-5-7-15(8-6-14)22-20(25)21(4)17-11-16(9-10-18(17)27-22)26-13(3)19(23)24/h5-13H,1-4H3,(H,23,24)/t13-/m1/s1. The second-order valence-corrected chi connectivity index (χ2v) is 7.69. The zero-order chi connectivity index (χ0) is 19.7. The molecule has 2 aromatic carbocycles. The molecule has 7 heteroatoms. The number of hydrogen-bond acceptors (Lipinski definition) is 4. The summed E-state index contributed by atoms with van der Waals surface area (Å²) in [6, 6.07) is 13.0. The number of carbonyl (C=O) groups excluding carboxylic acids is 1. The van der Waals surface area contributed by atoms with E-state index in [1.165, 1.54) is 24.4 Å². The number of nitrogens with zero attached hydrogens (tertiary/aromatic N) is 2. The van der Waals surface area contributed by atoms with Crippen molar-refractivity contribution in [2.75, 3.05) is 16.3 Å². The zero-order valence-corrected chi connectivity index (χ0v) is 16.5. The third-order valence-corrected chi connectivity index (χ3v) is 5.49. The molecule has 1 heterocycles. The maximum absolute atomic E-state index is 12.8. The Kier molecular flexibility index (Phi) is 5.32. The highest BCUT2D eigenvalue weighted by molar-refractivity contribution is 8.01. The fourth-order valence-corrected chi connectivity index (χ4v) is 3.74. The molecule has 0 saturated carbocycles. The molecule has 1 N–H and O–H groups in total. The van der Waals surface area contributed by atoms with Crippen molar-refractivity contribution < 1.29 is 19.4 Å². The molecule has 1 aliphatic rings. The van der Waals surface area contributed by atoms with Gasteiger partial charge in [0.05, 0.1) is 16.3 Å². The summed E-state index contributed by atoms with van der Waals surface area (Å²) in [5.41, 5.74) is 2.72. The summed E-state index contributed by atoms with van der Waals surface area (Å²) in [5.74, 6) is -0.194. The molecule has 142 valence electrons. The van der Waals surface area contributed by atoms with Gasteiger partial charge in [-0.05, 0) is 54.6 Å². The van der Waals surface area contributed by atoms with Crippen LogP contribution in [-0.4, -0.2) is 30.3 Å². The first-order chi connectivity index (χ1) is 12.8. The Morgan fingerprint density at radius 2 is 1.78 bits per heavy atom. The minimum atomic E-state index is -1.04. The molecule has 1 atom stereocenters. The van der Waals surface area contributed by atoms with Crippen LogP contribution in [0, 0.1) is 0 Å². The highest BCUT2D eigenvalue weighted by atomic mass is 32.2. The van der Waals surface area contributed by atoms with E-state index in [9.17, 15) is 9.59 Å². The Labute approximate surface area is 162 Å². The van der Waals surface area contributed by atoms with Crippen LogP contribution in [0.5, 0.6) is 5.75 Å². The molecule has 0 aromatic heterocycles. The first-order valence-electron chi connectivity index (χ1n) is 8.67. The van der Waals surface area contributed by atoms with Crippen molar-refractivity contribution in [1.29, 1.82) is 0 Å². The van der Waals surface area contributed by atoms with E-state index in [4.69, 9.17) is 9.84 Å². The molecule has 0 spiro atoms. The van der Waals surface area contributed by atoms with Crippen LogP contribution in [-0.2, 0) is 4.79 Å². The Bertz CT molecular complexity index is 867. The van der Waals surface area contributed by atoms with Crippen molar-refractivity contribution in [2.45, 2.75) is 37.7 Å². The number of amides is 2. The van der Waals surface area contributed by atoms with Crippen molar-refractivity contribution >= 4 is 35.3 Å². The number of benzene rings is 2. The average molecular weight is 386 g/mol. The molecule has 2 aromatic rings. The molecule has 0 fully saturated rings. The summed E-state index contributed by atoms with van der Waals surface area (Å²) in [4.78, 5) is 26.3. The SMILES string of the molecule is CC(C)c1ccc(N2Sc3ccc(O[C@H](C)C(=O)O)cc3N(C)C2=O)cc1. The number of fused-ring (bicyclic) bond motifs is 1. The Hall–Kier alpha value is -2.67. The molecule has 0 bridgehead atoms. The van der Waals surface area contributed by atoms with Gasteiger partial charge in [-0.2, -0.15) is 0 Å². The van der Waals surface area contributed by atoms with E-state index in [-0.39, 0.29) is 6.03 Å². The third kappa shape index (κ3) is 3.88. The van der Waals surface area contributed by atoms with Gasteiger partial charge in [0.15, 0.2) is 6.10 Å². The lowest BCUT2D eigenvalue weighted by molar-refractivity contribution is -0.144. The summed E-state index contributed by atoms with van der Waals surface area (Å²) in [6.07, 6.45) is -0.962. The van der Waals surface area contributed by atoms with E-state index in [2.05, 4.69) is 13.8 Å². The lowest BCUT2D eigenvalue weighted by atomic mass is 10.0. The monoisotopic (exact) mass is 386 g/mol. The summed E-state index contributed by atoms with van der Waals surface area (Å²) >= 11 is 1.34. The normalized spacial score (nSPS) is 14.9. The van der Waals surface area contributed by atoms with Gasteiger partial charge in [0.2, 0.25) is 0 Å². The molecular formula is C20H22N2O4S. The molecule has 0 saturated heterocycles. The quantitative estimate of drug-likeness (QED) is 0.751. The summed E-state index contributed by atoms with van der Waals surface area (Å²) in [6.45, 7) is 5.73. The zero-order valence-electron chi connectivity index (χ0n) is 15.7. The first kappa shape index (κ1) is 19.1. The highest BCUT2D eigenvalue weighted by Gasteiger charge is 2.30. The van der Waals surface area contributed by atoms with Crippen LogP contribution in [0.2, 0.25) is 0 Å². The van der Waals surface area contributed by atoms with Gasteiger partial charge in [0.1, 0.15) is 5.75 Å². The topological polar surface area (TPSA) is 70.1 Å². The molecule has 1 aliphatic heterocycles. The smallest absolute Gasteiger partial charge is 0.344 e. The number of carboxylic acid groups (broad SMARTS) is 1. The Morgan fingerprint density at radius 3 is 2.37 bits per heavy atom. The van der Waals surface area contributed by atoms with E-state index in [0.717, 1.165) is 10.6 Å². The van der Waals surface area contributed by atoms with Crippen molar-refractivity contribution in [3.63, 3.8) is 0 Å². The minimum Gasteiger partial charge on any atom is -0.479 e. The number of ether oxygens (including phenoxy) is 1. The number of rotatable bonds is 5. The predicted octanol–water partition coefficient (Wildman–Crippen LogP) is 4.75. The summed E-state index contributed by atoms with van der Waals surface area (Å²) < 4.78 is 7.06. The summed E-state index contributed by atoms with van der Waals surface area (Å²) in [7, 11) is 1.70. The van der Waals surface area contributed by atoms with Gasteiger partial charge in [-0.25, -0.2) is 13.9 Å². The van der Waals surface area contributed by atoms with Crippen molar-refractivity contribution in [2.24, 2.45) is 0 Å².